The van der Waals surface area contributed by atoms with Crippen molar-refractivity contribution in [2.45, 2.75) is 70.0 Å². The Morgan fingerprint density at radius 1 is 0.923 bits per heavy atom. The van der Waals surface area contributed by atoms with E-state index >= 15 is 0 Å². The Balaban J connectivity index is 1.80. The van der Waals surface area contributed by atoms with Crippen molar-refractivity contribution < 1.29 is 4.74 Å². The lowest BCUT2D eigenvalue weighted by atomic mass is 10.1. The molecule has 0 radical (unpaired) electrons. The largest absolute Gasteiger partial charge is 0.492 e. The van der Waals surface area contributed by atoms with Gasteiger partial charge in [-0.3, -0.25) is 0 Å². The molecule has 0 spiro atoms. The number of aryl methyl sites for hydroxylation is 1. The Kier molecular flexibility index (Phi) is 9.68. The minimum absolute atomic E-state index is 0.393. The van der Waals surface area contributed by atoms with E-state index in [-0.39, 0.29) is 0 Å². The van der Waals surface area contributed by atoms with Gasteiger partial charge in [0.2, 0.25) is 0 Å². The average Bonchev–Trinajstić information content (AvgIpc) is 2.69. The Morgan fingerprint density at radius 3 is 2.23 bits per heavy atom. The van der Waals surface area contributed by atoms with E-state index in [1.807, 2.05) is 36.7 Å². The summed E-state index contributed by atoms with van der Waals surface area (Å²) in [5.41, 5.74) is 2.25. The van der Waals surface area contributed by atoms with Crippen molar-refractivity contribution in [3.63, 3.8) is 0 Å². The normalized spacial score (nSPS) is 12.1. The molecule has 0 saturated carbocycles. The SMILES string of the molecule is CCCCCCCCc1cnc(-c2ccc(OC[C@@H](Br)CC)cc2)nc1. The van der Waals surface area contributed by atoms with Crippen LogP contribution >= 0.6 is 15.9 Å². The first-order valence-corrected chi connectivity index (χ1v) is 10.8. The molecule has 26 heavy (non-hydrogen) atoms. The van der Waals surface area contributed by atoms with Crippen LogP contribution in [0.25, 0.3) is 11.4 Å². The van der Waals surface area contributed by atoms with Gasteiger partial charge in [-0.1, -0.05) is 61.9 Å². The lowest BCUT2D eigenvalue weighted by molar-refractivity contribution is 0.317. The molecule has 0 N–H and O–H groups in total. The maximum absolute atomic E-state index is 5.76. The summed E-state index contributed by atoms with van der Waals surface area (Å²) in [5, 5.41) is 0. The van der Waals surface area contributed by atoms with Crippen molar-refractivity contribution in [2.24, 2.45) is 0 Å². The van der Waals surface area contributed by atoms with Gasteiger partial charge in [-0.25, -0.2) is 9.97 Å². The highest BCUT2D eigenvalue weighted by Crippen LogP contribution is 2.20. The van der Waals surface area contributed by atoms with E-state index in [1.54, 1.807) is 0 Å². The number of ether oxygens (including phenoxy) is 1. The molecule has 0 aliphatic heterocycles. The van der Waals surface area contributed by atoms with Gasteiger partial charge in [0.1, 0.15) is 12.4 Å². The maximum atomic E-state index is 5.76. The number of alkyl halides is 1. The smallest absolute Gasteiger partial charge is 0.159 e. The number of aromatic nitrogens is 2. The van der Waals surface area contributed by atoms with Crippen LogP contribution in [0.5, 0.6) is 5.75 Å². The third kappa shape index (κ3) is 7.45. The quantitative estimate of drug-likeness (QED) is 0.287. The van der Waals surface area contributed by atoms with Crippen molar-refractivity contribution in [1.82, 2.24) is 9.97 Å². The van der Waals surface area contributed by atoms with Gasteiger partial charge >= 0.3 is 0 Å². The zero-order valence-corrected chi connectivity index (χ0v) is 17.7. The van der Waals surface area contributed by atoms with Gasteiger partial charge in [0.05, 0.1) is 0 Å². The fourth-order valence-electron chi connectivity index (χ4n) is 2.75. The van der Waals surface area contributed by atoms with E-state index in [2.05, 4.69) is 39.7 Å². The predicted molar refractivity (Wildman–Crippen MR) is 113 cm³/mol. The van der Waals surface area contributed by atoms with Crippen molar-refractivity contribution in [2.75, 3.05) is 6.61 Å². The molecule has 0 bridgehead atoms. The van der Waals surface area contributed by atoms with Crippen LogP contribution in [0.4, 0.5) is 0 Å². The van der Waals surface area contributed by atoms with Crippen molar-refractivity contribution in [3.05, 3.63) is 42.2 Å². The second-order valence-corrected chi connectivity index (χ2v) is 8.07. The lowest BCUT2D eigenvalue weighted by Gasteiger charge is -2.10. The molecule has 2 aromatic rings. The fourth-order valence-corrected chi connectivity index (χ4v) is 2.88. The molecule has 0 fully saturated rings. The molecule has 0 aliphatic rings. The average molecular weight is 419 g/mol. The standard InChI is InChI=1S/C22H31BrN2O/c1-3-5-6-7-8-9-10-18-15-24-22(25-16-18)19-11-13-21(14-12-19)26-17-20(23)4-2/h11-16,20H,3-10,17H2,1-2H3/t20-/m0/s1. The highest BCUT2D eigenvalue weighted by Gasteiger charge is 2.05. The maximum Gasteiger partial charge on any atom is 0.159 e. The van der Waals surface area contributed by atoms with Crippen molar-refractivity contribution in [3.8, 4) is 17.1 Å². The zero-order valence-electron chi connectivity index (χ0n) is 16.1. The molecule has 0 unspecified atom stereocenters. The minimum atomic E-state index is 0.393. The molecule has 0 aliphatic carbocycles. The molecule has 142 valence electrons. The molecule has 3 nitrogen and oxygen atoms in total. The van der Waals surface area contributed by atoms with E-state index in [0.717, 1.165) is 30.0 Å². The van der Waals surface area contributed by atoms with Crippen molar-refractivity contribution in [1.29, 1.82) is 0 Å². The molecule has 1 heterocycles. The van der Waals surface area contributed by atoms with Crippen LogP contribution in [0.15, 0.2) is 36.7 Å². The van der Waals surface area contributed by atoms with Gasteiger partial charge in [0.25, 0.3) is 0 Å². The molecule has 4 heteroatoms. The van der Waals surface area contributed by atoms with Crippen LogP contribution in [0.3, 0.4) is 0 Å². The summed E-state index contributed by atoms with van der Waals surface area (Å²) in [6.07, 6.45) is 14.0. The van der Waals surface area contributed by atoms with Crippen LogP contribution in [0, 0.1) is 0 Å². The van der Waals surface area contributed by atoms with Gasteiger partial charge in [0, 0.05) is 22.8 Å². The minimum Gasteiger partial charge on any atom is -0.492 e. The van der Waals surface area contributed by atoms with Gasteiger partial charge in [-0.2, -0.15) is 0 Å². The summed E-state index contributed by atoms with van der Waals surface area (Å²) < 4.78 is 5.76. The summed E-state index contributed by atoms with van der Waals surface area (Å²) in [5.74, 6) is 1.65. The number of halogens is 1. The van der Waals surface area contributed by atoms with Gasteiger partial charge in [0.15, 0.2) is 5.82 Å². The van der Waals surface area contributed by atoms with E-state index in [1.165, 1.54) is 44.1 Å². The number of hydrogen-bond acceptors (Lipinski definition) is 3. The molecule has 0 amide bonds. The van der Waals surface area contributed by atoms with E-state index in [4.69, 9.17) is 4.74 Å². The molecular formula is C22H31BrN2O. The molecule has 0 saturated heterocycles. The first-order valence-electron chi connectivity index (χ1n) is 9.91. The number of hydrogen-bond donors (Lipinski definition) is 0. The highest BCUT2D eigenvalue weighted by molar-refractivity contribution is 9.09. The Labute approximate surface area is 166 Å². The van der Waals surface area contributed by atoms with Crippen LogP contribution in [-0.4, -0.2) is 21.4 Å². The van der Waals surface area contributed by atoms with E-state index in [0.29, 0.717) is 11.4 Å². The van der Waals surface area contributed by atoms with Crippen LogP contribution in [0.1, 0.15) is 64.4 Å². The fraction of sp³-hybridized carbons (Fsp3) is 0.545. The second-order valence-electron chi connectivity index (χ2n) is 6.77. The zero-order chi connectivity index (χ0) is 18.6. The number of benzene rings is 1. The molecule has 1 aromatic carbocycles. The summed E-state index contributed by atoms with van der Waals surface area (Å²) in [7, 11) is 0. The van der Waals surface area contributed by atoms with E-state index < -0.39 is 0 Å². The topological polar surface area (TPSA) is 35.0 Å². The highest BCUT2D eigenvalue weighted by atomic mass is 79.9. The van der Waals surface area contributed by atoms with Crippen LogP contribution in [-0.2, 0) is 6.42 Å². The monoisotopic (exact) mass is 418 g/mol. The number of nitrogens with zero attached hydrogens (tertiary/aromatic N) is 2. The first-order chi connectivity index (χ1) is 12.7. The summed E-state index contributed by atoms with van der Waals surface area (Å²) in [6.45, 7) is 5.07. The summed E-state index contributed by atoms with van der Waals surface area (Å²) >= 11 is 3.58. The second kappa shape index (κ2) is 12.1. The summed E-state index contributed by atoms with van der Waals surface area (Å²) in [4.78, 5) is 9.46. The predicted octanol–water partition coefficient (Wildman–Crippen LogP) is 6.60. The van der Waals surface area contributed by atoms with E-state index in [9.17, 15) is 0 Å². The number of rotatable bonds is 12. The van der Waals surface area contributed by atoms with Crippen LogP contribution in [0.2, 0.25) is 0 Å². The molecule has 1 atom stereocenters. The molecule has 1 aromatic heterocycles. The van der Waals surface area contributed by atoms with Gasteiger partial charge < -0.3 is 4.74 Å². The van der Waals surface area contributed by atoms with Gasteiger partial charge in [-0.05, 0) is 49.1 Å². The molecular weight excluding hydrogens is 388 g/mol. The summed E-state index contributed by atoms with van der Waals surface area (Å²) in [6, 6.07) is 8.01. The molecule has 2 rings (SSSR count). The first kappa shape index (κ1) is 20.9. The third-order valence-electron chi connectivity index (χ3n) is 4.51. The number of unbranched alkanes of at least 4 members (excludes halogenated alkanes) is 5. The Bertz CT molecular complexity index is 613. The Hall–Kier alpha value is -1.42. The third-order valence-corrected chi connectivity index (χ3v) is 5.42. The Morgan fingerprint density at radius 2 is 1.58 bits per heavy atom. The van der Waals surface area contributed by atoms with Gasteiger partial charge in [-0.15, -0.1) is 0 Å². The lowest BCUT2D eigenvalue weighted by Crippen LogP contribution is -2.09. The van der Waals surface area contributed by atoms with Crippen LogP contribution < -0.4 is 4.74 Å². The van der Waals surface area contributed by atoms with Crippen molar-refractivity contribution >= 4 is 15.9 Å².